The third-order valence-electron chi connectivity index (χ3n) is 4.90. The molecule has 3 aromatic rings. The smallest absolute Gasteiger partial charge is 0.253 e. The molecule has 0 saturated carbocycles. The van der Waals surface area contributed by atoms with Crippen molar-refractivity contribution in [1.29, 1.82) is 5.26 Å². The first-order valence-corrected chi connectivity index (χ1v) is 9.57. The van der Waals surface area contributed by atoms with Crippen LogP contribution in [0.15, 0.2) is 42.5 Å². The number of nitrogens with zero attached hydrogens (tertiary/aromatic N) is 4. The van der Waals surface area contributed by atoms with Crippen LogP contribution in [-0.4, -0.2) is 45.9 Å². The van der Waals surface area contributed by atoms with E-state index in [-0.39, 0.29) is 19.1 Å². The largest absolute Gasteiger partial charge is 0.453 e. The molecule has 7 heteroatoms. The summed E-state index contributed by atoms with van der Waals surface area (Å²) in [6.07, 6.45) is 0. The summed E-state index contributed by atoms with van der Waals surface area (Å²) in [6, 6.07) is 14.6. The van der Waals surface area contributed by atoms with Crippen molar-refractivity contribution in [3.63, 3.8) is 0 Å². The lowest BCUT2D eigenvalue weighted by molar-refractivity contribution is 0.0767. The van der Waals surface area contributed by atoms with Crippen LogP contribution in [0.25, 0.3) is 5.69 Å². The fraction of sp³-hybridized carbons (Fsp3) is 0.261. The van der Waals surface area contributed by atoms with Gasteiger partial charge in [-0.25, -0.2) is 4.68 Å². The van der Waals surface area contributed by atoms with Crippen LogP contribution in [0.1, 0.15) is 32.9 Å². The van der Waals surface area contributed by atoms with E-state index in [4.69, 9.17) is 15.1 Å². The average Bonchev–Trinajstić information content (AvgIpc) is 3.02. The molecule has 0 saturated heterocycles. The second-order valence-corrected chi connectivity index (χ2v) is 7.10. The Morgan fingerprint density at radius 2 is 1.90 bits per heavy atom. The van der Waals surface area contributed by atoms with E-state index in [2.05, 4.69) is 11.2 Å². The summed E-state index contributed by atoms with van der Waals surface area (Å²) >= 11 is 0. The molecule has 3 rings (SSSR count). The number of aryl methyl sites for hydroxylation is 2. The number of nitriles is 1. The van der Waals surface area contributed by atoms with Crippen molar-refractivity contribution in [2.45, 2.75) is 20.8 Å². The Balaban J connectivity index is 1.84. The zero-order valence-corrected chi connectivity index (χ0v) is 17.5. The van der Waals surface area contributed by atoms with E-state index in [0.717, 1.165) is 22.6 Å². The minimum Gasteiger partial charge on any atom is -0.453 e. The molecule has 0 aliphatic carbocycles. The maximum absolute atomic E-state index is 12.3. The first-order chi connectivity index (χ1) is 14.3. The number of carbonyl (C=O) groups excluding carboxylic acids is 1. The molecule has 154 valence electrons. The van der Waals surface area contributed by atoms with E-state index >= 15 is 0 Å². The zero-order valence-electron chi connectivity index (χ0n) is 17.5. The Morgan fingerprint density at radius 1 is 1.20 bits per heavy atom. The Labute approximate surface area is 175 Å². The van der Waals surface area contributed by atoms with Crippen LogP contribution in [0.3, 0.4) is 0 Å². The van der Waals surface area contributed by atoms with Gasteiger partial charge in [0.1, 0.15) is 11.4 Å². The number of carbonyl (C=O) groups is 1. The average molecular weight is 404 g/mol. The molecule has 0 aliphatic rings. The maximum Gasteiger partial charge on any atom is 0.253 e. The van der Waals surface area contributed by atoms with Gasteiger partial charge in [0.05, 0.1) is 29.6 Å². The molecule has 0 fully saturated rings. The SMILES string of the molecule is Cc1cc(-n2nc(C)c(Oc3ccc(C(=O)N(C)CCO)cc3)c2C)ccc1C#N. The molecule has 0 spiro atoms. The molecule has 0 aliphatic heterocycles. The molecule has 7 nitrogen and oxygen atoms in total. The highest BCUT2D eigenvalue weighted by Crippen LogP contribution is 2.30. The maximum atomic E-state index is 12.3. The van der Waals surface area contributed by atoms with Gasteiger partial charge in [0.15, 0.2) is 5.75 Å². The number of amides is 1. The molecule has 1 heterocycles. The number of aromatic nitrogens is 2. The molecule has 0 unspecified atom stereocenters. The van der Waals surface area contributed by atoms with Crippen LogP contribution >= 0.6 is 0 Å². The van der Waals surface area contributed by atoms with Crippen molar-refractivity contribution in [2.75, 3.05) is 20.2 Å². The first-order valence-electron chi connectivity index (χ1n) is 9.57. The van der Waals surface area contributed by atoms with Crippen LogP contribution in [0.5, 0.6) is 11.5 Å². The van der Waals surface area contributed by atoms with Gasteiger partial charge in [0.25, 0.3) is 5.91 Å². The minimum atomic E-state index is -0.160. The Morgan fingerprint density at radius 3 is 2.50 bits per heavy atom. The number of benzene rings is 2. The van der Waals surface area contributed by atoms with Crippen molar-refractivity contribution < 1.29 is 14.6 Å². The number of likely N-dealkylation sites (N-methyl/N-ethyl adjacent to an activating group) is 1. The second kappa shape index (κ2) is 8.80. The van der Waals surface area contributed by atoms with E-state index in [9.17, 15) is 4.79 Å². The third-order valence-corrected chi connectivity index (χ3v) is 4.90. The summed E-state index contributed by atoms with van der Waals surface area (Å²) in [5, 5.41) is 22.7. The fourth-order valence-corrected chi connectivity index (χ4v) is 3.19. The minimum absolute atomic E-state index is 0.0786. The van der Waals surface area contributed by atoms with Crippen LogP contribution in [-0.2, 0) is 0 Å². The molecule has 0 bridgehead atoms. The van der Waals surface area contributed by atoms with Crippen molar-refractivity contribution in [3.05, 3.63) is 70.5 Å². The van der Waals surface area contributed by atoms with Gasteiger partial charge < -0.3 is 14.7 Å². The third kappa shape index (κ3) is 4.19. The summed E-state index contributed by atoms with van der Waals surface area (Å²) < 4.78 is 7.85. The van der Waals surface area contributed by atoms with E-state index < -0.39 is 0 Å². The molecule has 1 aromatic heterocycles. The lowest BCUT2D eigenvalue weighted by atomic mass is 10.1. The summed E-state index contributed by atoms with van der Waals surface area (Å²) in [5.41, 5.74) is 4.47. The Hall–Kier alpha value is -3.63. The predicted molar refractivity (Wildman–Crippen MR) is 113 cm³/mol. The highest BCUT2D eigenvalue weighted by molar-refractivity contribution is 5.94. The van der Waals surface area contributed by atoms with E-state index in [0.29, 0.717) is 22.6 Å². The van der Waals surface area contributed by atoms with Gasteiger partial charge in [0.2, 0.25) is 0 Å². The fourth-order valence-electron chi connectivity index (χ4n) is 3.19. The number of aliphatic hydroxyl groups excluding tert-OH is 1. The quantitative estimate of drug-likeness (QED) is 0.679. The first kappa shape index (κ1) is 21.1. The Bertz CT molecular complexity index is 1110. The molecular formula is C23H24N4O3. The molecule has 0 atom stereocenters. The summed E-state index contributed by atoms with van der Waals surface area (Å²) in [5.74, 6) is 1.08. The highest BCUT2D eigenvalue weighted by atomic mass is 16.5. The Kier molecular flexibility index (Phi) is 6.19. The topological polar surface area (TPSA) is 91.4 Å². The lowest BCUT2D eigenvalue weighted by Crippen LogP contribution is -2.29. The van der Waals surface area contributed by atoms with Gasteiger partial charge in [-0.05, 0) is 68.8 Å². The number of ether oxygens (including phenoxy) is 1. The molecule has 30 heavy (non-hydrogen) atoms. The molecule has 1 amide bonds. The van der Waals surface area contributed by atoms with Crippen molar-refractivity contribution in [2.24, 2.45) is 0 Å². The second-order valence-electron chi connectivity index (χ2n) is 7.10. The van der Waals surface area contributed by atoms with E-state index in [1.165, 1.54) is 4.90 Å². The van der Waals surface area contributed by atoms with Crippen LogP contribution in [0, 0.1) is 32.1 Å². The van der Waals surface area contributed by atoms with Gasteiger partial charge in [-0.3, -0.25) is 4.79 Å². The molecule has 2 aromatic carbocycles. The number of aliphatic hydroxyl groups is 1. The van der Waals surface area contributed by atoms with E-state index in [1.54, 1.807) is 42.1 Å². The van der Waals surface area contributed by atoms with Crippen LogP contribution in [0.4, 0.5) is 0 Å². The highest BCUT2D eigenvalue weighted by Gasteiger charge is 2.16. The van der Waals surface area contributed by atoms with Crippen LogP contribution in [0.2, 0.25) is 0 Å². The van der Waals surface area contributed by atoms with Gasteiger partial charge in [0, 0.05) is 19.2 Å². The van der Waals surface area contributed by atoms with Crippen molar-refractivity contribution in [3.8, 4) is 23.3 Å². The standard InChI is InChI=1S/C23H24N4O3/c1-15-13-20(8-5-19(15)14-24)27-17(3)22(16(2)25-27)30-21-9-6-18(7-10-21)23(29)26(4)11-12-28/h5-10,13,28H,11-12H2,1-4H3. The number of hydrogen-bond donors (Lipinski definition) is 1. The van der Waals surface area contributed by atoms with Crippen LogP contribution < -0.4 is 4.74 Å². The number of rotatable bonds is 6. The van der Waals surface area contributed by atoms with Gasteiger partial charge in [-0.1, -0.05) is 0 Å². The molecule has 0 radical (unpaired) electrons. The normalized spacial score (nSPS) is 10.5. The van der Waals surface area contributed by atoms with Crippen molar-refractivity contribution in [1.82, 2.24) is 14.7 Å². The van der Waals surface area contributed by atoms with Gasteiger partial charge in [-0.2, -0.15) is 10.4 Å². The van der Waals surface area contributed by atoms with Gasteiger partial charge in [-0.15, -0.1) is 0 Å². The number of hydrogen-bond acceptors (Lipinski definition) is 5. The van der Waals surface area contributed by atoms with E-state index in [1.807, 2.05) is 32.9 Å². The molecular weight excluding hydrogens is 380 g/mol. The van der Waals surface area contributed by atoms with Crippen molar-refractivity contribution >= 4 is 5.91 Å². The lowest BCUT2D eigenvalue weighted by Gasteiger charge is -2.15. The monoisotopic (exact) mass is 404 g/mol. The van der Waals surface area contributed by atoms with Gasteiger partial charge >= 0.3 is 0 Å². The summed E-state index contributed by atoms with van der Waals surface area (Å²) in [7, 11) is 1.65. The zero-order chi connectivity index (χ0) is 21.8. The molecule has 1 N–H and O–H groups in total. The summed E-state index contributed by atoms with van der Waals surface area (Å²) in [6.45, 7) is 5.89. The summed E-state index contributed by atoms with van der Waals surface area (Å²) in [4.78, 5) is 13.8. The predicted octanol–water partition coefficient (Wildman–Crippen LogP) is 3.53.